The van der Waals surface area contributed by atoms with Gasteiger partial charge in [-0.2, -0.15) is 0 Å². The number of rotatable bonds is 8. The van der Waals surface area contributed by atoms with Gasteiger partial charge in [-0.25, -0.2) is 0 Å². The van der Waals surface area contributed by atoms with Crippen LogP contribution in [-0.4, -0.2) is 35.6 Å². The van der Waals surface area contributed by atoms with E-state index in [1.54, 1.807) is 0 Å². The lowest BCUT2D eigenvalue weighted by Crippen LogP contribution is -2.50. The first-order chi connectivity index (χ1) is 13.1. The molecule has 0 unspecified atom stereocenters. The van der Waals surface area contributed by atoms with E-state index in [4.69, 9.17) is 14.2 Å². The zero-order valence-corrected chi connectivity index (χ0v) is 16.2. The third kappa shape index (κ3) is 6.15. The minimum atomic E-state index is -0.646. The molecule has 2 aromatic carbocycles. The van der Waals surface area contributed by atoms with Crippen LogP contribution in [0.3, 0.4) is 0 Å². The molecule has 0 spiro atoms. The highest BCUT2D eigenvalue weighted by molar-refractivity contribution is 5.14. The van der Waals surface area contributed by atoms with Gasteiger partial charge in [0.15, 0.2) is 0 Å². The molecule has 1 aliphatic rings. The average Bonchev–Trinajstić information content (AvgIpc) is 2.68. The van der Waals surface area contributed by atoms with Gasteiger partial charge in [-0.1, -0.05) is 60.7 Å². The van der Waals surface area contributed by atoms with E-state index < -0.39 is 6.10 Å². The zero-order valence-electron chi connectivity index (χ0n) is 16.2. The van der Waals surface area contributed by atoms with Gasteiger partial charge in [0.05, 0.1) is 37.6 Å². The van der Waals surface area contributed by atoms with Gasteiger partial charge in [0, 0.05) is 12.8 Å². The highest BCUT2D eigenvalue weighted by Gasteiger charge is 2.39. The topological polar surface area (TPSA) is 47.9 Å². The Balaban J connectivity index is 1.61. The second-order valence-corrected chi connectivity index (χ2v) is 7.44. The fourth-order valence-electron chi connectivity index (χ4n) is 3.49. The maximum Gasteiger partial charge on any atom is 0.106 e. The van der Waals surface area contributed by atoms with Gasteiger partial charge in [0.25, 0.3) is 0 Å². The van der Waals surface area contributed by atoms with Crippen LogP contribution in [0.2, 0.25) is 0 Å². The van der Waals surface area contributed by atoms with E-state index in [1.807, 2.05) is 62.4 Å². The molecule has 0 bridgehead atoms. The van der Waals surface area contributed by atoms with Gasteiger partial charge in [-0.05, 0) is 25.0 Å². The third-order valence-electron chi connectivity index (χ3n) is 4.83. The summed E-state index contributed by atoms with van der Waals surface area (Å²) in [6, 6.07) is 20.2. The summed E-state index contributed by atoms with van der Waals surface area (Å²) in [5.41, 5.74) is 2.24. The maximum atomic E-state index is 10.8. The van der Waals surface area contributed by atoms with Gasteiger partial charge in [-0.3, -0.25) is 0 Å². The smallest absolute Gasteiger partial charge is 0.106 e. The van der Waals surface area contributed by atoms with Crippen LogP contribution in [0.15, 0.2) is 60.7 Å². The van der Waals surface area contributed by atoms with Crippen LogP contribution in [0.5, 0.6) is 0 Å². The lowest BCUT2D eigenvalue weighted by Gasteiger charge is -2.39. The molecular weight excluding hydrogens is 340 g/mol. The molecule has 0 amide bonds. The molecule has 1 aliphatic carbocycles. The molecule has 0 radical (unpaired) electrons. The van der Waals surface area contributed by atoms with Crippen LogP contribution < -0.4 is 0 Å². The first kappa shape index (κ1) is 20.0. The predicted molar refractivity (Wildman–Crippen MR) is 105 cm³/mol. The Morgan fingerprint density at radius 3 is 1.89 bits per heavy atom. The maximum absolute atomic E-state index is 10.8. The Bertz CT molecular complexity index is 659. The summed E-state index contributed by atoms with van der Waals surface area (Å²) < 4.78 is 18.2. The zero-order chi connectivity index (χ0) is 19.1. The lowest BCUT2D eigenvalue weighted by atomic mass is 9.89. The molecule has 0 saturated heterocycles. The molecule has 4 nitrogen and oxygen atoms in total. The summed E-state index contributed by atoms with van der Waals surface area (Å²) in [6.45, 7) is 5.01. The SMILES string of the molecule is CC(C)O[C@@H]1C[C@H](OCc2ccccc2)C[C@@H](OCc2ccccc2)[C@H]1O. The van der Waals surface area contributed by atoms with E-state index in [-0.39, 0.29) is 24.4 Å². The average molecular weight is 370 g/mol. The van der Waals surface area contributed by atoms with Crippen LogP contribution >= 0.6 is 0 Å². The van der Waals surface area contributed by atoms with Crippen LogP contribution in [0.4, 0.5) is 0 Å². The molecule has 2 aromatic rings. The van der Waals surface area contributed by atoms with Crippen molar-refractivity contribution in [2.75, 3.05) is 0 Å². The summed E-state index contributed by atoms with van der Waals surface area (Å²) in [5, 5.41) is 10.8. The van der Waals surface area contributed by atoms with Crippen LogP contribution in [0.1, 0.15) is 37.8 Å². The molecule has 146 valence electrons. The summed E-state index contributed by atoms with van der Waals surface area (Å²) in [6.07, 6.45) is 0.165. The monoisotopic (exact) mass is 370 g/mol. The summed E-state index contributed by atoms with van der Waals surface area (Å²) in [5.74, 6) is 0. The van der Waals surface area contributed by atoms with E-state index in [0.29, 0.717) is 26.1 Å². The van der Waals surface area contributed by atoms with Crippen molar-refractivity contribution in [3.63, 3.8) is 0 Å². The van der Waals surface area contributed by atoms with Crippen molar-refractivity contribution in [3.8, 4) is 0 Å². The first-order valence-electron chi connectivity index (χ1n) is 9.76. The molecule has 0 heterocycles. The summed E-state index contributed by atoms with van der Waals surface area (Å²) >= 11 is 0. The fraction of sp³-hybridized carbons (Fsp3) is 0.478. The molecule has 4 atom stereocenters. The molecule has 3 rings (SSSR count). The van der Waals surface area contributed by atoms with Gasteiger partial charge in [0.2, 0.25) is 0 Å². The third-order valence-corrected chi connectivity index (χ3v) is 4.83. The van der Waals surface area contributed by atoms with Gasteiger partial charge < -0.3 is 19.3 Å². The number of aliphatic hydroxyl groups excluding tert-OH is 1. The Labute approximate surface area is 162 Å². The van der Waals surface area contributed by atoms with Crippen molar-refractivity contribution in [2.24, 2.45) is 0 Å². The second-order valence-electron chi connectivity index (χ2n) is 7.44. The van der Waals surface area contributed by atoms with E-state index in [9.17, 15) is 5.11 Å². The number of hydrogen-bond donors (Lipinski definition) is 1. The molecule has 1 saturated carbocycles. The number of benzene rings is 2. The molecule has 1 fully saturated rings. The number of aliphatic hydroxyl groups is 1. The van der Waals surface area contributed by atoms with Crippen molar-refractivity contribution >= 4 is 0 Å². The molecule has 4 heteroatoms. The van der Waals surface area contributed by atoms with E-state index >= 15 is 0 Å². The molecule has 0 aliphatic heterocycles. The highest BCUT2D eigenvalue weighted by atomic mass is 16.5. The second kappa shape index (κ2) is 10.00. The largest absolute Gasteiger partial charge is 0.388 e. The Hall–Kier alpha value is -1.72. The van der Waals surface area contributed by atoms with Crippen molar-refractivity contribution in [2.45, 2.75) is 70.4 Å². The van der Waals surface area contributed by atoms with E-state index in [0.717, 1.165) is 11.1 Å². The van der Waals surface area contributed by atoms with Crippen LogP contribution in [-0.2, 0) is 27.4 Å². The summed E-state index contributed by atoms with van der Waals surface area (Å²) in [7, 11) is 0. The Morgan fingerprint density at radius 2 is 1.33 bits per heavy atom. The first-order valence-corrected chi connectivity index (χ1v) is 9.76. The van der Waals surface area contributed by atoms with Crippen molar-refractivity contribution in [3.05, 3.63) is 71.8 Å². The van der Waals surface area contributed by atoms with Crippen LogP contribution in [0.25, 0.3) is 0 Å². The van der Waals surface area contributed by atoms with Crippen molar-refractivity contribution < 1.29 is 19.3 Å². The predicted octanol–water partition coefficient (Wildman–Crippen LogP) is 4.11. The molecule has 27 heavy (non-hydrogen) atoms. The number of ether oxygens (including phenoxy) is 3. The van der Waals surface area contributed by atoms with Gasteiger partial charge in [0.1, 0.15) is 6.10 Å². The van der Waals surface area contributed by atoms with Crippen molar-refractivity contribution in [1.29, 1.82) is 0 Å². The fourth-order valence-corrected chi connectivity index (χ4v) is 3.49. The molecule has 0 aromatic heterocycles. The van der Waals surface area contributed by atoms with E-state index in [1.165, 1.54) is 0 Å². The van der Waals surface area contributed by atoms with Gasteiger partial charge >= 0.3 is 0 Å². The summed E-state index contributed by atoms with van der Waals surface area (Å²) in [4.78, 5) is 0. The Morgan fingerprint density at radius 1 is 0.815 bits per heavy atom. The minimum Gasteiger partial charge on any atom is -0.388 e. The minimum absolute atomic E-state index is 0.00173. The van der Waals surface area contributed by atoms with Crippen molar-refractivity contribution in [1.82, 2.24) is 0 Å². The van der Waals surface area contributed by atoms with Gasteiger partial charge in [-0.15, -0.1) is 0 Å². The normalized spacial score (nSPS) is 25.6. The highest BCUT2D eigenvalue weighted by Crippen LogP contribution is 2.29. The van der Waals surface area contributed by atoms with E-state index in [2.05, 4.69) is 12.1 Å². The quantitative estimate of drug-likeness (QED) is 0.760. The molecular formula is C23H30O4. The standard InChI is InChI=1S/C23H30O4/c1-17(2)27-22-14-20(25-15-18-9-5-3-6-10-18)13-21(23(22)24)26-16-19-11-7-4-8-12-19/h3-12,17,20-24H,13-16H2,1-2H3/t20-,21-,22-,23-/m1/s1. The lowest BCUT2D eigenvalue weighted by molar-refractivity contribution is -0.180. The number of hydrogen-bond acceptors (Lipinski definition) is 4. The Kier molecular flexibility index (Phi) is 7.41. The molecule has 1 N–H and O–H groups in total. The van der Waals surface area contributed by atoms with Crippen LogP contribution in [0, 0.1) is 0 Å².